The normalized spacial score (nSPS) is 13.9. The number of carbonyl (C=O) groups excluding carboxylic acids is 1. The fourth-order valence-corrected chi connectivity index (χ4v) is 2.46. The zero-order chi connectivity index (χ0) is 14.1. The third-order valence-electron chi connectivity index (χ3n) is 3.03. The molecule has 1 aliphatic rings. The molecule has 2 heterocycles. The maximum Gasteiger partial charge on any atom is 0.265 e. The summed E-state index contributed by atoms with van der Waals surface area (Å²) < 4.78 is 5.39. The van der Waals surface area contributed by atoms with Crippen molar-refractivity contribution >= 4 is 34.8 Å². The van der Waals surface area contributed by atoms with E-state index in [1.807, 2.05) is 24.3 Å². The molecule has 102 valence electrons. The molecule has 0 spiro atoms. The van der Waals surface area contributed by atoms with Crippen molar-refractivity contribution in [2.45, 2.75) is 6.54 Å². The number of anilines is 1. The number of carbonyl (C=O) groups is 1. The van der Waals surface area contributed by atoms with Crippen molar-refractivity contribution in [1.82, 2.24) is 4.98 Å². The maximum atomic E-state index is 12.1. The minimum atomic E-state index is -0.116. The Kier molecular flexibility index (Phi) is 3.51. The summed E-state index contributed by atoms with van der Waals surface area (Å²) in [6.45, 7) is 0.359. The van der Waals surface area contributed by atoms with Crippen LogP contribution in [0.1, 0.15) is 5.56 Å². The summed E-state index contributed by atoms with van der Waals surface area (Å²) in [6.07, 6.45) is 0. The number of hydrogen-bond donors (Lipinski definition) is 0. The fraction of sp³-hybridized carbons (Fsp3) is 0.143. The van der Waals surface area contributed by atoms with Crippen LogP contribution in [0.15, 0.2) is 36.4 Å². The van der Waals surface area contributed by atoms with Crippen LogP contribution < -0.4 is 9.64 Å². The average Bonchev–Trinajstić information content (AvgIpc) is 2.44. The van der Waals surface area contributed by atoms with Gasteiger partial charge in [-0.1, -0.05) is 41.4 Å². The second-order valence-electron chi connectivity index (χ2n) is 4.32. The Balaban J connectivity index is 1.95. The lowest BCUT2D eigenvalue weighted by Crippen LogP contribution is -2.38. The van der Waals surface area contributed by atoms with Crippen LogP contribution in [0, 0.1) is 0 Å². The first kappa shape index (κ1) is 13.2. The monoisotopic (exact) mass is 308 g/mol. The van der Waals surface area contributed by atoms with Crippen molar-refractivity contribution in [2.75, 3.05) is 11.5 Å². The fourth-order valence-electron chi connectivity index (χ4n) is 2.06. The summed E-state index contributed by atoms with van der Waals surface area (Å²) >= 11 is 11.8. The van der Waals surface area contributed by atoms with Crippen molar-refractivity contribution in [3.05, 3.63) is 52.3 Å². The molecule has 6 heteroatoms. The molecule has 20 heavy (non-hydrogen) atoms. The zero-order valence-electron chi connectivity index (χ0n) is 10.3. The quantitative estimate of drug-likeness (QED) is 0.799. The standard InChI is InChI=1S/C14H10Cl2N2O2/c15-12-6-5-9(14(16)17-12)7-18-10-3-1-2-4-11(10)20-8-13(18)19/h1-6H,7-8H2. The number of halogens is 2. The van der Waals surface area contributed by atoms with E-state index in [2.05, 4.69) is 4.98 Å². The van der Waals surface area contributed by atoms with Crippen LogP contribution in [0.2, 0.25) is 10.3 Å². The summed E-state index contributed by atoms with van der Waals surface area (Å²) in [5.74, 6) is 0.569. The Morgan fingerprint density at radius 3 is 2.80 bits per heavy atom. The molecule has 1 aliphatic heterocycles. The smallest absolute Gasteiger partial charge is 0.265 e. The van der Waals surface area contributed by atoms with Gasteiger partial charge in [-0.05, 0) is 18.2 Å². The van der Waals surface area contributed by atoms with Crippen LogP contribution in [0.25, 0.3) is 0 Å². The molecule has 1 aromatic heterocycles. The van der Waals surface area contributed by atoms with Crippen molar-refractivity contribution in [3.8, 4) is 5.75 Å². The number of hydrogen-bond acceptors (Lipinski definition) is 3. The first-order chi connectivity index (χ1) is 9.65. The van der Waals surface area contributed by atoms with Crippen molar-refractivity contribution < 1.29 is 9.53 Å². The van der Waals surface area contributed by atoms with E-state index < -0.39 is 0 Å². The van der Waals surface area contributed by atoms with Gasteiger partial charge >= 0.3 is 0 Å². The van der Waals surface area contributed by atoms with E-state index in [-0.39, 0.29) is 12.5 Å². The Hall–Kier alpha value is -1.78. The van der Waals surface area contributed by atoms with Gasteiger partial charge in [0.05, 0.1) is 12.2 Å². The highest BCUT2D eigenvalue weighted by molar-refractivity contribution is 6.32. The molecular formula is C14H10Cl2N2O2. The lowest BCUT2D eigenvalue weighted by atomic mass is 10.2. The Labute approximate surface area is 125 Å². The molecule has 0 radical (unpaired) electrons. The Morgan fingerprint density at radius 2 is 2.00 bits per heavy atom. The molecule has 3 rings (SSSR count). The van der Waals surface area contributed by atoms with Crippen LogP contribution in [-0.2, 0) is 11.3 Å². The van der Waals surface area contributed by atoms with Crippen LogP contribution in [0.5, 0.6) is 5.75 Å². The van der Waals surface area contributed by atoms with Gasteiger partial charge in [0.1, 0.15) is 16.1 Å². The molecule has 0 unspecified atom stereocenters. The number of amides is 1. The van der Waals surface area contributed by atoms with Crippen LogP contribution in [0.3, 0.4) is 0 Å². The number of ether oxygens (including phenoxy) is 1. The van der Waals surface area contributed by atoms with E-state index in [0.717, 1.165) is 11.3 Å². The average molecular weight is 309 g/mol. The molecular weight excluding hydrogens is 299 g/mol. The van der Waals surface area contributed by atoms with Gasteiger partial charge in [0.25, 0.3) is 5.91 Å². The van der Waals surface area contributed by atoms with Crippen LogP contribution in [-0.4, -0.2) is 17.5 Å². The minimum absolute atomic E-state index is 0.0235. The number of pyridine rings is 1. The summed E-state index contributed by atoms with van der Waals surface area (Å²) in [5, 5.41) is 0.627. The molecule has 0 atom stereocenters. The summed E-state index contributed by atoms with van der Waals surface area (Å²) in [6, 6.07) is 10.8. The Morgan fingerprint density at radius 1 is 1.20 bits per heavy atom. The maximum absolute atomic E-state index is 12.1. The van der Waals surface area contributed by atoms with E-state index >= 15 is 0 Å². The summed E-state index contributed by atoms with van der Waals surface area (Å²) in [5.41, 5.74) is 1.47. The second kappa shape index (κ2) is 5.31. The molecule has 2 aromatic rings. The third-order valence-corrected chi connectivity index (χ3v) is 3.57. The SMILES string of the molecule is O=C1COc2ccccc2N1Cc1ccc(Cl)nc1Cl. The van der Waals surface area contributed by atoms with E-state index in [1.165, 1.54) is 0 Å². The van der Waals surface area contributed by atoms with Gasteiger partial charge < -0.3 is 9.64 Å². The van der Waals surface area contributed by atoms with Gasteiger partial charge in [-0.3, -0.25) is 4.79 Å². The van der Waals surface area contributed by atoms with Gasteiger partial charge in [-0.25, -0.2) is 4.98 Å². The van der Waals surface area contributed by atoms with E-state index in [1.54, 1.807) is 17.0 Å². The molecule has 1 amide bonds. The molecule has 0 fully saturated rings. The minimum Gasteiger partial charge on any atom is -0.482 e. The number of rotatable bonds is 2. The van der Waals surface area contributed by atoms with Crippen molar-refractivity contribution in [3.63, 3.8) is 0 Å². The number of aromatic nitrogens is 1. The van der Waals surface area contributed by atoms with E-state index in [0.29, 0.717) is 22.6 Å². The number of nitrogens with zero attached hydrogens (tertiary/aromatic N) is 2. The first-order valence-corrected chi connectivity index (χ1v) is 6.74. The van der Waals surface area contributed by atoms with Gasteiger partial charge in [-0.2, -0.15) is 0 Å². The van der Waals surface area contributed by atoms with Crippen molar-refractivity contribution in [2.24, 2.45) is 0 Å². The number of fused-ring (bicyclic) bond motifs is 1. The van der Waals surface area contributed by atoms with Gasteiger partial charge in [0.2, 0.25) is 0 Å². The molecule has 0 saturated heterocycles. The second-order valence-corrected chi connectivity index (χ2v) is 5.07. The van der Waals surface area contributed by atoms with Gasteiger partial charge in [-0.15, -0.1) is 0 Å². The lowest BCUT2D eigenvalue weighted by Gasteiger charge is -2.29. The zero-order valence-corrected chi connectivity index (χ0v) is 11.9. The topological polar surface area (TPSA) is 42.4 Å². The molecule has 4 nitrogen and oxygen atoms in total. The van der Waals surface area contributed by atoms with Gasteiger partial charge in [0, 0.05) is 5.56 Å². The van der Waals surface area contributed by atoms with Gasteiger partial charge in [0.15, 0.2) is 6.61 Å². The predicted octanol–water partition coefficient (Wildman–Crippen LogP) is 3.31. The largest absolute Gasteiger partial charge is 0.482 e. The number of para-hydroxylation sites is 2. The van der Waals surface area contributed by atoms with Crippen molar-refractivity contribution in [1.29, 1.82) is 0 Å². The lowest BCUT2D eigenvalue weighted by molar-refractivity contribution is -0.121. The van der Waals surface area contributed by atoms with E-state index in [4.69, 9.17) is 27.9 Å². The van der Waals surface area contributed by atoms with E-state index in [9.17, 15) is 4.79 Å². The first-order valence-electron chi connectivity index (χ1n) is 5.98. The molecule has 0 saturated carbocycles. The third kappa shape index (κ3) is 2.44. The number of benzene rings is 1. The highest BCUT2D eigenvalue weighted by atomic mass is 35.5. The molecule has 0 N–H and O–H groups in total. The van der Waals surface area contributed by atoms with Crippen LogP contribution in [0.4, 0.5) is 5.69 Å². The molecule has 1 aromatic carbocycles. The highest BCUT2D eigenvalue weighted by Crippen LogP contribution is 2.33. The van der Waals surface area contributed by atoms with Crippen LogP contribution >= 0.6 is 23.2 Å². The highest BCUT2D eigenvalue weighted by Gasteiger charge is 2.25. The predicted molar refractivity (Wildman–Crippen MR) is 77.4 cm³/mol. The molecule has 0 bridgehead atoms. The summed E-state index contributed by atoms with van der Waals surface area (Å²) in [4.78, 5) is 17.7. The Bertz CT molecular complexity index is 676. The summed E-state index contributed by atoms with van der Waals surface area (Å²) in [7, 11) is 0. The molecule has 0 aliphatic carbocycles.